The number of hydrogen-bond acceptors (Lipinski definition) is 2. The molecule has 1 aromatic rings. The zero-order chi connectivity index (χ0) is 8.55. The summed E-state index contributed by atoms with van der Waals surface area (Å²) in [4.78, 5) is 11.0. The first-order valence-electron chi connectivity index (χ1n) is 4.26. The summed E-state index contributed by atoms with van der Waals surface area (Å²) in [5, 5.41) is 4.09. The Morgan fingerprint density at radius 3 is 3.00 bits per heavy atom. The van der Waals surface area contributed by atoms with Crippen molar-refractivity contribution in [3.63, 3.8) is 0 Å². The summed E-state index contributed by atoms with van der Waals surface area (Å²) in [6.45, 7) is 0. The second-order valence-corrected chi connectivity index (χ2v) is 3.43. The lowest BCUT2D eigenvalue weighted by atomic mass is 10.0. The number of aromatic nitrogens is 2. The Bertz CT molecular complexity index is 303. The van der Waals surface area contributed by atoms with E-state index in [9.17, 15) is 4.79 Å². The van der Waals surface area contributed by atoms with Crippen LogP contribution in [0.3, 0.4) is 0 Å². The highest BCUT2D eigenvalue weighted by molar-refractivity contribution is 5.81. The first kappa shape index (κ1) is 7.53. The molecule has 0 saturated heterocycles. The van der Waals surface area contributed by atoms with Crippen molar-refractivity contribution in [3.05, 3.63) is 18.0 Å². The van der Waals surface area contributed by atoms with Crippen LogP contribution in [0.4, 0.5) is 0 Å². The molecule has 12 heavy (non-hydrogen) atoms. The van der Waals surface area contributed by atoms with Gasteiger partial charge in [-0.15, -0.1) is 0 Å². The highest BCUT2D eigenvalue weighted by Crippen LogP contribution is 2.31. The maximum Gasteiger partial charge on any atom is 0.133 e. The zero-order valence-corrected chi connectivity index (χ0v) is 7.16. The quantitative estimate of drug-likeness (QED) is 0.626. The lowest BCUT2D eigenvalue weighted by Crippen LogP contribution is -1.92. The molecule has 0 amide bonds. The van der Waals surface area contributed by atoms with Gasteiger partial charge in [-0.05, 0) is 17.9 Å². The van der Waals surface area contributed by atoms with Crippen LogP contribution in [0.25, 0.3) is 0 Å². The Morgan fingerprint density at radius 1 is 1.67 bits per heavy atom. The SMILES string of the molecule is Cn1cc([C@H]2CCC(=O)C2)cn1. The van der Waals surface area contributed by atoms with Crippen molar-refractivity contribution < 1.29 is 4.79 Å². The molecule has 1 atom stereocenters. The van der Waals surface area contributed by atoms with E-state index in [0.29, 0.717) is 18.1 Å². The van der Waals surface area contributed by atoms with Gasteiger partial charge in [0, 0.05) is 26.1 Å². The Balaban J connectivity index is 2.15. The van der Waals surface area contributed by atoms with E-state index in [2.05, 4.69) is 5.10 Å². The lowest BCUT2D eigenvalue weighted by Gasteiger charge is -2.01. The highest BCUT2D eigenvalue weighted by Gasteiger charge is 2.24. The van der Waals surface area contributed by atoms with Gasteiger partial charge in [0.25, 0.3) is 0 Å². The minimum Gasteiger partial charge on any atom is -0.300 e. The smallest absolute Gasteiger partial charge is 0.133 e. The second-order valence-electron chi connectivity index (χ2n) is 3.43. The molecule has 1 saturated carbocycles. The number of nitrogens with zero attached hydrogens (tertiary/aromatic N) is 2. The van der Waals surface area contributed by atoms with Gasteiger partial charge < -0.3 is 0 Å². The standard InChI is InChI=1S/C9H12N2O/c1-11-6-8(5-10-11)7-2-3-9(12)4-7/h5-7H,2-4H2,1H3/t7-/m0/s1. The molecule has 3 heteroatoms. The minimum atomic E-state index is 0.392. The number of carbonyl (C=O) groups is 1. The van der Waals surface area contributed by atoms with Gasteiger partial charge in [0.1, 0.15) is 5.78 Å². The monoisotopic (exact) mass is 164 g/mol. The molecule has 0 radical (unpaired) electrons. The van der Waals surface area contributed by atoms with Gasteiger partial charge >= 0.3 is 0 Å². The van der Waals surface area contributed by atoms with Gasteiger partial charge in [0.05, 0.1) is 6.20 Å². The summed E-state index contributed by atoms with van der Waals surface area (Å²) < 4.78 is 1.79. The molecule has 0 aromatic carbocycles. The molecule has 1 aromatic heterocycles. The van der Waals surface area contributed by atoms with Gasteiger partial charge in [-0.2, -0.15) is 5.10 Å². The summed E-state index contributed by atoms with van der Waals surface area (Å²) in [5.41, 5.74) is 1.21. The molecule has 0 spiro atoms. The molecule has 64 valence electrons. The van der Waals surface area contributed by atoms with E-state index in [0.717, 1.165) is 12.8 Å². The fourth-order valence-corrected chi connectivity index (χ4v) is 1.75. The topological polar surface area (TPSA) is 34.9 Å². The van der Waals surface area contributed by atoms with Crippen LogP contribution in [0.5, 0.6) is 0 Å². The molecule has 0 bridgehead atoms. The van der Waals surface area contributed by atoms with Crippen molar-refractivity contribution in [1.82, 2.24) is 9.78 Å². The van der Waals surface area contributed by atoms with Gasteiger partial charge in [-0.3, -0.25) is 9.48 Å². The number of hydrogen-bond donors (Lipinski definition) is 0. The zero-order valence-electron chi connectivity index (χ0n) is 7.16. The maximum atomic E-state index is 11.0. The third kappa shape index (κ3) is 1.26. The highest BCUT2D eigenvalue weighted by atomic mass is 16.1. The van der Waals surface area contributed by atoms with Crippen LogP contribution >= 0.6 is 0 Å². The molecule has 0 N–H and O–H groups in total. The number of carbonyl (C=O) groups excluding carboxylic acids is 1. The molecule has 0 aliphatic heterocycles. The van der Waals surface area contributed by atoms with Crippen molar-refractivity contribution >= 4 is 5.78 Å². The molecule has 2 rings (SSSR count). The summed E-state index contributed by atoms with van der Waals surface area (Å²) >= 11 is 0. The Kier molecular flexibility index (Phi) is 1.71. The molecule has 1 aliphatic carbocycles. The van der Waals surface area contributed by atoms with Crippen LogP contribution in [0.15, 0.2) is 12.4 Å². The van der Waals surface area contributed by atoms with Gasteiger partial charge in [-0.1, -0.05) is 0 Å². The summed E-state index contributed by atoms with van der Waals surface area (Å²) in [7, 11) is 1.90. The summed E-state index contributed by atoms with van der Waals surface area (Å²) in [6.07, 6.45) is 6.34. The largest absolute Gasteiger partial charge is 0.300 e. The Labute approximate surface area is 71.4 Å². The maximum absolute atomic E-state index is 11.0. The van der Waals surface area contributed by atoms with E-state index < -0.39 is 0 Å². The first-order valence-corrected chi connectivity index (χ1v) is 4.26. The van der Waals surface area contributed by atoms with E-state index in [-0.39, 0.29) is 0 Å². The Morgan fingerprint density at radius 2 is 2.50 bits per heavy atom. The van der Waals surface area contributed by atoms with Gasteiger partial charge in [0.15, 0.2) is 0 Å². The van der Waals surface area contributed by atoms with Crippen LogP contribution < -0.4 is 0 Å². The summed E-state index contributed by atoms with van der Waals surface area (Å²) in [5.74, 6) is 0.829. The number of ketones is 1. The van der Waals surface area contributed by atoms with Crippen LogP contribution in [0.2, 0.25) is 0 Å². The van der Waals surface area contributed by atoms with E-state index in [1.807, 2.05) is 19.4 Å². The first-order chi connectivity index (χ1) is 5.75. The summed E-state index contributed by atoms with van der Waals surface area (Å²) in [6, 6.07) is 0. The van der Waals surface area contributed by atoms with Gasteiger partial charge in [0.2, 0.25) is 0 Å². The van der Waals surface area contributed by atoms with Gasteiger partial charge in [-0.25, -0.2) is 0 Å². The molecule has 3 nitrogen and oxygen atoms in total. The number of rotatable bonds is 1. The molecule has 0 unspecified atom stereocenters. The third-order valence-corrected chi connectivity index (χ3v) is 2.44. The fourth-order valence-electron chi connectivity index (χ4n) is 1.75. The van der Waals surface area contributed by atoms with E-state index in [4.69, 9.17) is 0 Å². The molecule has 1 aliphatic rings. The minimum absolute atomic E-state index is 0.392. The average molecular weight is 164 g/mol. The third-order valence-electron chi connectivity index (χ3n) is 2.44. The fraction of sp³-hybridized carbons (Fsp3) is 0.556. The molecular weight excluding hydrogens is 152 g/mol. The van der Waals surface area contributed by atoms with Crippen LogP contribution in [0, 0.1) is 0 Å². The van der Waals surface area contributed by atoms with Crippen LogP contribution in [-0.4, -0.2) is 15.6 Å². The lowest BCUT2D eigenvalue weighted by molar-refractivity contribution is -0.117. The van der Waals surface area contributed by atoms with Crippen LogP contribution in [-0.2, 0) is 11.8 Å². The average Bonchev–Trinajstić information content (AvgIpc) is 2.58. The predicted octanol–water partition coefficient (Wildman–Crippen LogP) is 1.26. The number of aryl methyl sites for hydroxylation is 1. The van der Waals surface area contributed by atoms with Crippen LogP contribution in [0.1, 0.15) is 30.7 Å². The van der Waals surface area contributed by atoms with Crippen molar-refractivity contribution in [1.29, 1.82) is 0 Å². The second kappa shape index (κ2) is 2.73. The molecular formula is C9H12N2O. The van der Waals surface area contributed by atoms with Crippen molar-refractivity contribution in [2.45, 2.75) is 25.2 Å². The molecule has 1 fully saturated rings. The normalized spacial score (nSPS) is 23.4. The van der Waals surface area contributed by atoms with Crippen molar-refractivity contribution in [2.75, 3.05) is 0 Å². The van der Waals surface area contributed by atoms with Crippen molar-refractivity contribution in [3.8, 4) is 0 Å². The van der Waals surface area contributed by atoms with Crippen molar-refractivity contribution in [2.24, 2.45) is 7.05 Å². The van der Waals surface area contributed by atoms with E-state index in [1.54, 1.807) is 4.68 Å². The Hall–Kier alpha value is -1.12. The predicted molar refractivity (Wildman–Crippen MR) is 44.8 cm³/mol. The number of Topliss-reactive ketones (excluding diaryl/α,β-unsaturated/α-hetero) is 1. The molecule has 1 heterocycles. The van der Waals surface area contributed by atoms with E-state index in [1.165, 1.54) is 5.56 Å². The van der Waals surface area contributed by atoms with E-state index >= 15 is 0 Å².